The van der Waals surface area contributed by atoms with Crippen LogP contribution < -0.4 is 5.32 Å². The molecule has 0 radical (unpaired) electrons. The summed E-state index contributed by atoms with van der Waals surface area (Å²) in [5, 5.41) is 2.98. The number of benzene rings is 2. The second-order valence-corrected chi connectivity index (χ2v) is 7.45. The number of amides is 2. The summed E-state index contributed by atoms with van der Waals surface area (Å²) < 4.78 is 14.1. The molecule has 1 N–H and O–H groups in total. The summed E-state index contributed by atoms with van der Waals surface area (Å²) in [5.41, 5.74) is 1.07. The van der Waals surface area contributed by atoms with Gasteiger partial charge < -0.3 is 10.2 Å². The van der Waals surface area contributed by atoms with Gasteiger partial charge in [0.1, 0.15) is 5.82 Å². The normalized spacial score (nSPS) is 19.3. The van der Waals surface area contributed by atoms with E-state index >= 15 is 0 Å². The van der Waals surface area contributed by atoms with E-state index in [2.05, 4.69) is 5.32 Å². The second kappa shape index (κ2) is 8.33. The number of rotatable bonds is 5. The lowest BCUT2D eigenvalue weighted by molar-refractivity contribution is -0.125. The molecule has 4 nitrogen and oxygen atoms in total. The molecule has 0 bridgehead atoms. The number of nitrogens with one attached hydrogen (secondary N) is 1. The van der Waals surface area contributed by atoms with E-state index in [4.69, 9.17) is 0 Å². The molecule has 2 aromatic carbocycles. The molecule has 3 rings (SSSR count). The maximum atomic E-state index is 14.1. The van der Waals surface area contributed by atoms with Crippen LogP contribution in [-0.4, -0.2) is 36.3 Å². The van der Waals surface area contributed by atoms with E-state index < -0.39 is 5.82 Å². The third-order valence-corrected chi connectivity index (χ3v) is 4.96. The van der Waals surface area contributed by atoms with Gasteiger partial charge in [-0.2, -0.15) is 0 Å². The lowest BCUT2D eigenvalue weighted by Gasteiger charge is -2.18. The van der Waals surface area contributed by atoms with Gasteiger partial charge in [-0.1, -0.05) is 56.3 Å². The van der Waals surface area contributed by atoms with Crippen LogP contribution in [0.3, 0.4) is 0 Å². The minimum Gasteiger partial charge on any atom is -0.356 e. The van der Waals surface area contributed by atoms with Crippen LogP contribution in [0.25, 0.3) is 0 Å². The van der Waals surface area contributed by atoms with Gasteiger partial charge in [0.2, 0.25) is 5.91 Å². The monoisotopic (exact) mass is 368 g/mol. The number of hydrogen-bond acceptors (Lipinski definition) is 2. The summed E-state index contributed by atoms with van der Waals surface area (Å²) in [6.07, 6.45) is 0. The van der Waals surface area contributed by atoms with Crippen LogP contribution in [0.5, 0.6) is 0 Å². The highest BCUT2D eigenvalue weighted by Crippen LogP contribution is 2.34. The maximum absolute atomic E-state index is 14.1. The summed E-state index contributed by atoms with van der Waals surface area (Å²) in [5.74, 6) is -1.06. The van der Waals surface area contributed by atoms with E-state index in [9.17, 15) is 14.0 Å². The van der Waals surface area contributed by atoms with Gasteiger partial charge in [0.25, 0.3) is 5.91 Å². The number of nitrogens with zero attached hydrogens (tertiary/aromatic N) is 1. The molecule has 1 fully saturated rings. The lowest BCUT2D eigenvalue weighted by Crippen LogP contribution is -2.37. The first kappa shape index (κ1) is 19.1. The lowest BCUT2D eigenvalue weighted by atomic mass is 9.88. The van der Waals surface area contributed by atoms with Crippen LogP contribution in [0.2, 0.25) is 0 Å². The Labute approximate surface area is 159 Å². The number of halogens is 1. The topological polar surface area (TPSA) is 49.4 Å². The zero-order chi connectivity index (χ0) is 19.4. The van der Waals surface area contributed by atoms with E-state index in [0.717, 1.165) is 5.56 Å². The molecule has 2 atom stereocenters. The summed E-state index contributed by atoms with van der Waals surface area (Å²) in [6.45, 7) is 5.36. The molecule has 1 heterocycles. The number of carbonyl (C=O) groups excluding carboxylic acids is 2. The Morgan fingerprint density at radius 1 is 1.07 bits per heavy atom. The van der Waals surface area contributed by atoms with Crippen molar-refractivity contribution in [1.29, 1.82) is 0 Å². The maximum Gasteiger partial charge on any atom is 0.256 e. The Hall–Kier alpha value is -2.69. The third-order valence-electron chi connectivity index (χ3n) is 4.96. The van der Waals surface area contributed by atoms with Gasteiger partial charge in [-0.3, -0.25) is 9.59 Å². The standard InChI is InChI=1S/C22H25FN2O2/c1-15(2)12-24-21(26)19-14-25(13-18(19)16-8-4-3-5-9-16)22(27)17-10-6-7-11-20(17)23/h3-11,15,18-19H,12-14H2,1-2H3,(H,24,26)/t18-,19+/m1/s1. The SMILES string of the molecule is CC(C)CNC(=O)[C@H]1CN(C(=O)c2ccccc2F)C[C@@H]1c1ccccc1. The predicted octanol–water partition coefficient (Wildman–Crippen LogP) is 3.45. The Morgan fingerprint density at radius 3 is 2.41 bits per heavy atom. The Bertz CT molecular complexity index is 807. The van der Waals surface area contributed by atoms with Crippen molar-refractivity contribution in [3.63, 3.8) is 0 Å². The van der Waals surface area contributed by atoms with Crippen LogP contribution in [0.1, 0.15) is 35.7 Å². The van der Waals surface area contributed by atoms with Crippen molar-refractivity contribution in [3.8, 4) is 0 Å². The van der Waals surface area contributed by atoms with Crippen LogP contribution in [0, 0.1) is 17.7 Å². The summed E-state index contributed by atoms with van der Waals surface area (Å²) >= 11 is 0. The van der Waals surface area contributed by atoms with Gasteiger partial charge in [-0.05, 0) is 23.6 Å². The Balaban J connectivity index is 1.84. The number of carbonyl (C=O) groups is 2. The van der Waals surface area contributed by atoms with Crippen LogP contribution in [0.15, 0.2) is 54.6 Å². The van der Waals surface area contributed by atoms with Gasteiger partial charge in [0, 0.05) is 25.6 Å². The predicted molar refractivity (Wildman–Crippen MR) is 103 cm³/mol. The van der Waals surface area contributed by atoms with Gasteiger partial charge in [0.15, 0.2) is 0 Å². The fourth-order valence-electron chi connectivity index (χ4n) is 3.51. The number of hydrogen-bond donors (Lipinski definition) is 1. The molecule has 0 spiro atoms. The van der Waals surface area contributed by atoms with E-state index in [0.29, 0.717) is 19.0 Å². The first-order valence-electron chi connectivity index (χ1n) is 9.34. The van der Waals surface area contributed by atoms with Crippen molar-refractivity contribution < 1.29 is 14.0 Å². The highest BCUT2D eigenvalue weighted by Gasteiger charge is 2.40. The molecule has 2 aromatic rings. The minimum absolute atomic E-state index is 0.0487. The molecule has 1 aliphatic rings. The first-order chi connectivity index (χ1) is 13.0. The summed E-state index contributed by atoms with van der Waals surface area (Å²) in [7, 11) is 0. The van der Waals surface area contributed by atoms with Crippen LogP contribution >= 0.6 is 0 Å². The highest BCUT2D eigenvalue weighted by molar-refractivity contribution is 5.95. The molecule has 0 aromatic heterocycles. The van der Waals surface area contributed by atoms with Crippen LogP contribution in [-0.2, 0) is 4.79 Å². The van der Waals surface area contributed by atoms with Gasteiger partial charge in [0.05, 0.1) is 11.5 Å². The van der Waals surface area contributed by atoms with E-state index in [-0.39, 0.29) is 35.8 Å². The van der Waals surface area contributed by atoms with E-state index in [1.54, 1.807) is 17.0 Å². The molecule has 1 saturated heterocycles. The van der Waals surface area contributed by atoms with Crippen molar-refractivity contribution >= 4 is 11.8 Å². The van der Waals surface area contributed by atoms with Crippen molar-refractivity contribution in [1.82, 2.24) is 10.2 Å². The molecule has 1 aliphatic heterocycles. The van der Waals surface area contributed by atoms with Crippen molar-refractivity contribution in [2.24, 2.45) is 11.8 Å². The van der Waals surface area contributed by atoms with Gasteiger partial charge >= 0.3 is 0 Å². The largest absolute Gasteiger partial charge is 0.356 e. The average molecular weight is 368 g/mol. The Kier molecular flexibility index (Phi) is 5.89. The quantitative estimate of drug-likeness (QED) is 0.879. The molecule has 0 unspecified atom stereocenters. The van der Waals surface area contributed by atoms with Gasteiger partial charge in [-0.15, -0.1) is 0 Å². The van der Waals surface area contributed by atoms with E-state index in [1.807, 2.05) is 44.2 Å². The second-order valence-electron chi connectivity index (χ2n) is 7.45. The Morgan fingerprint density at radius 2 is 1.74 bits per heavy atom. The van der Waals surface area contributed by atoms with E-state index in [1.165, 1.54) is 12.1 Å². The molecule has 142 valence electrons. The smallest absolute Gasteiger partial charge is 0.256 e. The zero-order valence-electron chi connectivity index (χ0n) is 15.7. The molecule has 0 aliphatic carbocycles. The molecule has 2 amide bonds. The minimum atomic E-state index is -0.536. The molecule has 0 saturated carbocycles. The molecule has 27 heavy (non-hydrogen) atoms. The summed E-state index contributed by atoms with van der Waals surface area (Å²) in [6, 6.07) is 15.7. The number of likely N-dealkylation sites (tertiary alicyclic amines) is 1. The zero-order valence-corrected chi connectivity index (χ0v) is 15.7. The fraction of sp³-hybridized carbons (Fsp3) is 0.364. The summed E-state index contributed by atoms with van der Waals surface area (Å²) in [4.78, 5) is 27.2. The van der Waals surface area contributed by atoms with Crippen molar-refractivity contribution in [2.75, 3.05) is 19.6 Å². The molecular weight excluding hydrogens is 343 g/mol. The van der Waals surface area contributed by atoms with Gasteiger partial charge in [-0.25, -0.2) is 4.39 Å². The third kappa shape index (κ3) is 4.35. The molecular formula is C22H25FN2O2. The average Bonchev–Trinajstić information content (AvgIpc) is 3.12. The van der Waals surface area contributed by atoms with Crippen molar-refractivity contribution in [2.45, 2.75) is 19.8 Å². The van der Waals surface area contributed by atoms with Crippen molar-refractivity contribution in [3.05, 3.63) is 71.5 Å². The highest BCUT2D eigenvalue weighted by atomic mass is 19.1. The molecule has 5 heteroatoms. The van der Waals surface area contributed by atoms with Crippen LogP contribution in [0.4, 0.5) is 4.39 Å². The first-order valence-corrected chi connectivity index (χ1v) is 9.34. The fourth-order valence-corrected chi connectivity index (χ4v) is 3.51.